The third-order valence-electron chi connectivity index (χ3n) is 3.46. The summed E-state index contributed by atoms with van der Waals surface area (Å²) in [6, 6.07) is 8.43. The maximum absolute atomic E-state index is 11.6. The minimum absolute atomic E-state index is 0.0108. The van der Waals surface area contributed by atoms with E-state index in [4.69, 9.17) is 11.6 Å². The number of benzene rings is 1. The number of hydrogen-bond donors (Lipinski definition) is 1. The largest absolute Gasteiger partial charge is 0.361 e. The van der Waals surface area contributed by atoms with Gasteiger partial charge in [-0.3, -0.25) is 4.79 Å². The fourth-order valence-corrected chi connectivity index (χ4v) is 2.75. The first-order chi connectivity index (χ1) is 8.72. The van der Waals surface area contributed by atoms with Gasteiger partial charge >= 0.3 is 0 Å². The number of hydrogen-bond acceptors (Lipinski definition) is 1. The number of likely N-dealkylation sites (tertiary alicyclic amines) is 1. The highest BCUT2D eigenvalue weighted by atomic mass is 35.5. The molecule has 94 valence electrons. The molecule has 0 radical (unpaired) electrons. The number of carbonyl (C=O) groups is 1. The van der Waals surface area contributed by atoms with Gasteiger partial charge in [0, 0.05) is 31.2 Å². The molecule has 1 saturated heterocycles. The van der Waals surface area contributed by atoms with Gasteiger partial charge in [0.05, 0.1) is 5.38 Å². The van der Waals surface area contributed by atoms with Gasteiger partial charge in [-0.2, -0.15) is 0 Å². The van der Waals surface area contributed by atoms with Crippen molar-refractivity contribution in [2.45, 2.75) is 18.2 Å². The monoisotopic (exact) mass is 262 g/mol. The smallest absolute Gasteiger partial charge is 0.224 e. The van der Waals surface area contributed by atoms with Crippen LogP contribution in [0.1, 0.15) is 12.0 Å². The van der Waals surface area contributed by atoms with Crippen molar-refractivity contribution in [2.75, 3.05) is 13.1 Å². The molecule has 1 aliphatic heterocycles. The van der Waals surface area contributed by atoms with Crippen LogP contribution in [0, 0.1) is 0 Å². The Morgan fingerprint density at radius 3 is 3.06 bits per heavy atom. The fraction of sp³-hybridized carbons (Fsp3) is 0.357. The van der Waals surface area contributed by atoms with Crippen LogP contribution in [0.3, 0.4) is 0 Å². The van der Waals surface area contributed by atoms with Crippen LogP contribution < -0.4 is 0 Å². The number of nitrogens with zero attached hydrogens (tertiary/aromatic N) is 1. The fourth-order valence-electron chi connectivity index (χ4n) is 2.45. The molecular weight excluding hydrogens is 248 g/mol. The number of rotatable bonds is 3. The van der Waals surface area contributed by atoms with Crippen molar-refractivity contribution in [1.29, 1.82) is 0 Å². The van der Waals surface area contributed by atoms with Crippen molar-refractivity contribution in [3.05, 3.63) is 36.0 Å². The van der Waals surface area contributed by atoms with Gasteiger partial charge in [0.2, 0.25) is 5.91 Å². The van der Waals surface area contributed by atoms with Crippen LogP contribution in [0.2, 0.25) is 0 Å². The van der Waals surface area contributed by atoms with E-state index < -0.39 is 0 Å². The molecule has 0 saturated carbocycles. The van der Waals surface area contributed by atoms with E-state index in [1.807, 2.05) is 11.1 Å². The molecule has 1 atom stereocenters. The van der Waals surface area contributed by atoms with Crippen LogP contribution in [-0.2, 0) is 11.2 Å². The third kappa shape index (κ3) is 2.23. The van der Waals surface area contributed by atoms with Crippen molar-refractivity contribution in [3.8, 4) is 0 Å². The maximum atomic E-state index is 11.6. The van der Waals surface area contributed by atoms with E-state index in [1.165, 1.54) is 10.9 Å². The SMILES string of the molecule is O=C1CC(Cl)CN1CCc1ccc2cc[nH]c2c1. The van der Waals surface area contributed by atoms with Gasteiger partial charge in [0.15, 0.2) is 0 Å². The van der Waals surface area contributed by atoms with Crippen LogP contribution in [-0.4, -0.2) is 34.3 Å². The molecule has 18 heavy (non-hydrogen) atoms. The zero-order valence-electron chi connectivity index (χ0n) is 10.0. The molecule has 1 aromatic carbocycles. The zero-order chi connectivity index (χ0) is 12.5. The van der Waals surface area contributed by atoms with Gasteiger partial charge in [0.25, 0.3) is 0 Å². The van der Waals surface area contributed by atoms with Gasteiger partial charge in [-0.25, -0.2) is 0 Å². The second kappa shape index (κ2) is 4.65. The molecule has 2 aromatic rings. The number of H-pyrrole nitrogens is 1. The average molecular weight is 263 g/mol. The number of halogens is 1. The molecular formula is C14H15ClN2O. The summed E-state index contributed by atoms with van der Waals surface area (Å²) in [6.45, 7) is 1.44. The summed E-state index contributed by atoms with van der Waals surface area (Å²) in [5.41, 5.74) is 2.39. The molecule has 4 heteroatoms. The zero-order valence-corrected chi connectivity index (χ0v) is 10.8. The summed E-state index contributed by atoms with van der Waals surface area (Å²) >= 11 is 5.98. The molecule has 1 aliphatic rings. The second-order valence-electron chi connectivity index (χ2n) is 4.79. The van der Waals surface area contributed by atoms with Crippen molar-refractivity contribution in [2.24, 2.45) is 0 Å². The van der Waals surface area contributed by atoms with Crippen molar-refractivity contribution >= 4 is 28.4 Å². The second-order valence-corrected chi connectivity index (χ2v) is 5.41. The molecule has 3 nitrogen and oxygen atoms in total. The van der Waals surface area contributed by atoms with E-state index in [9.17, 15) is 4.79 Å². The van der Waals surface area contributed by atoms with Gasteiger partial charge in [-0.15, -0.1) is 11.6 Å². The Morgan fingerprint density at radius 2 is 2.28 bits per heavy atom. The predicted molar refractivity (Wildman–Crippen MR) is 72.8 cm³/mol. The molecule has 1 amide bonds. The predicted octanol–water partition coefficient (Wildman–Crippen LogP) is 2.55. The van der Waals surface area contributed by atoms with Crippen molar-refractivity contribution < 1.29 is 4.79 Å². The molecule has 3 rings (SSSR count). The van der Waals surface area contributed by atoms with Gasteiger partial charge in [-0.05, 0) is 29.5 Å². The Hall–Kier alpha value is -1.48. The lowest BCUT2D eigenvalue weighted by atomic mass is 10.1. The molecule has 0 aliphatic carbocycles. The Morgan fingerprint density at radius 1 is 1.39 bits per heavy atom. The van der Waals surface area contributed by atoms with E-state index in [1.54, 1.807) is 0 Å². The van der Waals surface area contributed by atoms with Gasteiger partial charge in [0.1, 0.15) is 0 Å². The van der Waals surface area contributed by atoms with Crippen LogP contribution in [0.5, 0.6) is 0 Å². The highest BCUT2D eigenvalue weighted by Crippen LogP contribution is 2.18. The van der Waals surface area contributed by atoms with E-state index in [-0.39, 0.29) is 11.3 Å². The number of nitrogens with one attached hydrogen (secondary N) is 1. The highest BCUT2D eigenvalue weighted by Gasteiger charge is 2.27. The number of aromatic nitrogens is 1. The normalized spacial score (nSPS) is 19.9. The summed E-state index contributed by atoms with van der Waals surface area (Å²) in [5, 5.41) is 1.21. The Balaban J connectivity index is 1.67. The number of alkyl halides is 1. The Labute approximate surface area is 111 Å². The lowest BCUT2D eigenvalue weighted by Gasteiger charge is -2.15. The van der Waals surface area contributed by atoms with Crippen molar-refractivity contribution in [1.82, 2.24) is 9.88 Å². The molecule has 1 unspecified atom stereocenters. The molecule has 0 spiro atoms. The van der Waals surface area contributed by atoms with Crippen LogP contribution in [0.25, 0.3) is 10.9 Å². The summed E-state index contributed by atoms with van der Waals surface area (Å²) in [6.07, 6.45) is 3.30. The summed E-state index contributed by atoms with van der Waals surface area (Å²) in [4.78, 5) is 16.7. The number of amides is 1. The number of carbonyl (C=O) groups excluding carboxylic acids is 1. The van der Waals surface area contributed by atoms with Gasteiger partial charge in [-0.1, -0.05) is 12.1 Å². The van der Waals surface area contributed by atoms with Crippen LogP contribution in [0.15, 0.2) is 30.5 Å². The first kappa shape index (κ1) is 11.6. The van der Waals surface area contributed by atoms with E-state index in [0.29, 0.717) is 13.0 Å². The van der Waals surface area contributed by atoms with Crippen LogP contribution in [0.4, 0.5) is 0 Å². The molecule has 2 heterocycles. The summed E-state index contributed by atoms with van der Waals surface area (Å²) < 4.78 is 0. The maximum Gasteiger partial charge on any atom is 0.224 e. The Kier molecular flexibility index (Phi) is 3.00. The minimum atomic E-state index is -0.0108. The quantitative estimate of drug-likeness (QED) is 0.848. The summed E-state index contributed by atoms with van der Waals surface area (Å²) in [5.74, 6) is 0.177. The summed E-state index contributed by atoms with van der Waals surface area (Å²) in [7, 11) is 0. The van der Waals surface area contributed by atoms with Gasteiger partial charge < -0.3 is 9.88 Å². The third-order valence-corrected chi connectivity index (χ3v) is 3.75. The lowest BCUT2D eigenvalue weighted by molar-refractivity contribution is -0.127. The van der Waals surface area contributed by atoms with E-state index in [2.05, 4.69) is 29.2 Å². The highest BCUT2D eigenvalue weighted by molar-refractivity contribution is 6.22. The topological polar surface area (TPSA) is 36.1 Å². The molecule has 1 aromatic heterocycles. The molecule has 1 fully saturated rings. The first-order valence-corrected chi connectivity index (χ1v) is 6.64. The number of fused-ring (bicyclic) bond motifs is 1. The van der Waals surface area contributed by atoms with Crippen LogP contribution >= 0.6 is 11.6 Å². The van der Waals surface area contributed by atoms with E-state index >= 15 is 0 Å². The Bertz CT molecular complexity index is 578. The van der Waals surface area contributed by atoms with E-state index in [0.717, 1.165) is 18.5 Å². The lowest BCUT2D eigenvalue weighted by Crippen LogP contribution is -2.27. The molecule has 1 N–H and O–H groups in total. The average Bonchev–Trinajstić information content (AvgIpc) is 2.92. The molecule has 0 bridgehead atoms. The first-order valence-electron chi connectivity index (χ1n) is 6.20. The minimum Gasteiger partial charge on any atom is -0.361 e. The standard InChI is InChI=1S/C14H15ClN2O/c15-12-8-14(18)17(9-12)6-4-10-1-2-11-3-5-16-13(11)7-10/h1-3,5,7,12,16H,4,6,8-9H2. The van der Waals surface area contributed by atoms with Crippen molar-refractivity contribution in [3.63, 3.8) is 0 Å². The number of aromatic amines is 1.